The molecule has 119 heavy (non-hydrogen) atoms. The first kappa shape index (κ1) is 70.9. The van der Waals surface area contributed by atoms with Gasteiger partial charge in [0.2, 0.25) is 0 Å². The van der Waals surface area contributed by atoms with Crippen LogP contribution in [0.1, 0.15) is 72.5 Å². The molecule has 0 aliphatic heterocycles. The maximum Gasteiger partial charge on any atom is 0.0728 e. The van der Waals surface area contributed by atoms with Gasteiger partial charge >= 0.3 is 248 Å². The van der Waals surface area contributed by atoms with Crippen molar-refractivity contribution in [1.29, 1.82) is 0 Å². The van der Waals surface area contributed by atoms with Crippen LogP contribution in [0.4, 0.5) is 0 Å². The van der Waals surface area contributed by atoms with Crippen molar-refractivity contribution in [3.63, 3.8) is 0 Å². The van der Waals surface area contributed by atoms with Crippen molar-refractivity contribution < 1.29 is 4.42 Å². The molecule has 0 saturated carbocycles. The second-order valence-corrected chi connectivity index (χ2v) is 40.1. The molecule has 0 fully saturated rings. The SMILES string of the molecule is Cc1ccc(-n2c3cc(C)ccc3c3[se]c4cc5c6sc7cc(C)ccc7c6n(-c6ccc(C)o6)c5cc4c32)cc1.Cc1ccc(-n2c3cc(C)ccc3c3sc4cc5c6sc7cc(C)ccc7c6n(-c6ccc(C)cc6)c5cc4c32)cc1.Cc1ccc(-n2c3cc4c(cc3c3sc5cc(C)ccc5c32)Cc2c-4n(C)c3cc(C)ccc23)cc1. The maximum absolute atomic E-state index is 6.31. The molecule has 0 unspecified atom stereocenters. The van der Waals surface area contributed by atoms with Crippen molar-refractivity contribution in [2.45, 2.75) is 82.6 Å². The summed E-state index contributed by atoms with van der Waals surface area (Å²) in [6.07, 6.45) is 1.00. The first-order chi connectivity index (χ1) is 57.9. The van der Waals surface area contributed by atoms with E-state index in [0.717, 1.165) is 18.1 Å². The van der Waals surface area contributed by atoms with Gasteiger partial charge in [-0.25, -0.2) is 0 Å². The van der Waals surface area contributed by atoms with Crippen LogP contribution in [0.2, 0.25) is 0 Å². The molecule has 12 heteroatoms. The molecule has 12 aromatic heterocycles. The first-order valence-electron chi connectivity index (χ1n) is 41.0. The van der Waals surface area contributed by atoms with E-state index < -0.39 is 0 Å². The monoisotopic (exact) mass is 1670 g/mol. The van der Waals surface area contributed by atoms with Crippen LogP contribution in [0.15, 0.2) is 259 Å². The number of hydrogen-bond acceptors (Lipinski definition) is 5. The molecule has 26 rings (SSSR count). The van der Waals surface area contributed by atoms with E-state index in [4.69, 9.17) is 4.42 Å². The summed E-state index contributed by atoms with van der Waals surface area (Å²) in [6, 6.07) is 96.2. The van der Waals surface area contributed by atoms with Crippen molar-refractivity contribution in [1.82, 2.24) is 27.4 Å². The molecule has 0 radical (unpaired) electrons. The van der Waals surface area contributed by atoms with Crippen molar-refractivity contribution in [3.8, 4) is 39.9 Å². The van der Waals surface area contributed by atoms with Gasteiger partial charge in [-0.15, -0.1) is 34.0 Å². The Morgan fingerprint density at radius 3 is 1.13 bits per heavy atom. The summed E-state index contributed by atoms with van der Waals surface area (Å²) < 4.78 is 34.9. The molecule has 574 valence electrons. The van der Waals surface area contributed by atoms with Gasteiger partial charge in [0.1, 0.15) is 0 Å². The molecular formula is C107H80N6OS4Se. The summed E-state index contributed by atoms with van der Waals surface area (Å²) in [5, 5.41) is 14.7. The zero-order chi connectivity index (χ0) is 80.1. The number of aromatic nitrogens is 6. The number of aryl methyl sites for hydroxylation is 12. The summed E-state index contributed by atoms with van der Waals surface area (Å²) in [4.78, 5) is 0. The minimum Gasteiger partial charge on any atom is -0.343 e. The van der Waals surface area contributed by atoms with Crippen LogP contribution >= 0.6 is 45.3 Å². The number of fused-ring (bicyclic) bond motifs is 30. The topological polar surface area (TPSA) is 42.7 Å². The van der Waals surface area contributed by atoms with Crippen molar-refractivity contribution in [2.75, 3.05) is 0 Å². The largest absolute Gasteiger partial charge is 0.343 e. The van der Waals surface area contributed by atoms with Crippen LogP contribution in [0.3, 0.4) is 0 Å². The van der Waals surface area contributed by atoms with Gasteiger partial charge in [0, 0.05) is 93.4 Å². The molecule has 7 nitrogen and oxygen atoms in total. The predicted octanol–water partition coefficient (Wildman–Crippen LogP) is 30.7. The van der Waals surface area contributed by atoms with E-state index >= 15 is 0 Å². The molecule has 0 atom stereocenters. The van der Waals surface area contributed by atoms with E-state index in [0.29, 0.717) is 0 Å². The number of furan rings is 1. The third-order valence-corrected chi connectivity index (χ3v) is 32.5. The second kappa shape index (κ2) is 26.1. The van der Waals surface area contributed by atoms with E-state index in [1.165, 1.54) is 267 Å². The fourth-order valence-corrected chi connectivity index (χ4v) is 27.3. The van der Waals surface area contributed by atoms with E-state index in [9.17, 15) is 0 Å². The quantitative estimate of drug-likeness (QED) is 0.158. The maximum atomic E-state index is 6.31. The second-order valence-electron chi connectivity index (χ2n) is 33.7. The van der Waals surface area contributed by atoms with Crippen LogP contribution in [0.25, 0.3) is 206 Å². The Balaban J connectivity index is 0.000000102. The van der Waals surface area contributed by atoms with Gasteiger partial charge in [-0.1, -0.05) is 102 Å². The van der Waals surface area contributed by atoms with Crippen LogP contribution < -0.4 is 0 Å². The van der Waals surface area contributed by atoms with E-state index in [2.05, 4.69) is 358 Å². The van der Waals surface area contributed by atoms with Gasteiger partial charge in [0.25, 0.3) is 0 Å². The Morgan fingerprint density at radius 1 is 0.277 bits per heavy atom. The third-order valence-electron chi connectivity index (χ3n) is 25.3. The summed E-state index contributed by atoms with van der Waals surface area (Å²) >= 11 is 7.91. The number of nitrogens with zero attached hydrogens (tertiary/aromatic N) is 6. The summed E-state index contributed by atoms with van der Waals surface area (Å²) in [5.41, 5.74) is 37.7. The molecule has 0 bridgehead atoms. The standard InChI is InChI=1S/C38H28N2S2.C36H26N2OSSe.C33H26N2S/c1-21-5-11-25(12-6-21)39-31-17-23(3)9-15-27(31)37-36(39)30-19-32-29(20-34(30)42-37)38-35(28-16-10-24(4)18-33(28)41-38)40(32)26-13-7-22(2)8-14-26;1-19-5-10-23(11-6-19)37-28-15-20(2)7-12-24(28)36-34(37)27-17-29-26(18-31(27)41-36)35-33(38(29)32-14-9-22(4)39-32)25-13-8-21(3)16-30(25)40-35;1-18-5-9-22(10-6-18)35-29-17-25-21(15-26-23-11-7-19(2)13-28(23)34(4)31(25)26)16-27(29)33-32(35)24-12-8-20(3)14-30(24)36-33/h5-20H,1-4H3;5-18H,1-4H3;5-14,16-17H,15H2,1-4H3. The summed E-state index contributed by atoms with van der Waals surface area (Å²) in [7, 11) is 2.23. The van der Waals surface area contributed by atoms with Gasteiger partial charge in [0.05, 0.1) is 52.9 Å². The van der Waals surface area contributed by atoms with Crippen LogP contribution in [-0.2, 0) is 13.5 Å². The van der Waals surface area contributed by atoms with Crippen molar-refractivity contribution >= 4 is 226 Å². The van der Waals surface area contributed by atoms with E-state index in [1.54, 1.807) is 0 Å². The minimum absolute atomic E-state index is 0.214. The zero-order valence-electron chi connectivity index (χ0n) is 68.1. The number of rotatable bonds is 5. The average molecular weight is 1670 g/mol. The Labute approximate surface area is 708 Å². The van der Waals surface area contributed by atoms with Gasteiger partial charge in [-0.2, -0.15) is 0 Å². The Morgan fingerprint density at radius 2 is 0.639 bits per heavy atom. The summed E-state index contributed by atoms with van der Waals surface area (Å²) in [5.74, 6) is 1.80. The summed E-state index contributed by atoms with van der Waals surface area (Å²) in [6.45, 7) is 23.8. The van der Waals surface area contributed by atoms with Crippen molar-refractivity contribution in [2.24, 2.45) is 7.05 Å². The zero-order valence-corrected chi connectivity index (χ0v) is 73.1. The molecule has 0 amide bonds. The fourth-order valence-electron chi connectivity index (χ4n) is 19.5. The van der Waals surface area contributed by atoms with Gasteiger partial charge in [-0.05, 0) is 167 Å². The van der Waals surface area contributed by atoms with Gasteiger partial charge in [-0.3, -0.25) is 0 Å². The Hall–Kier alpha value is -12.2. The Bertz CT molecular complexity index is 8700. The van der Waals surface area contributed by atoms with Gasteiger partial charge in [0.15, 0.2) is 0 Å². The molecule has 25 aromatic rings. The van der Waals surface area contributed by atoms with E-state index in [-0.39, 0.29) is 14.5 Å². The number of hydrogen-bond donors (Lipinski definition) is 0. The molecule has 1 aliphatic carbocycles. The van der Waals surface area contributed by atoms with Crippen LogP contribution in [0.5, 0.6) is 0 Å². The van der Waals surface area contributed by atoms with Crippen LogP contribution in [0, 0.1) is 76.2 Å². The van der Waals surface area contributed by atoms with Crippen molar-refractivity contribution in [3.05, 3.63) is 327 Å². The normalized spacial score (nSPS) is 12.5. The molecular weight excluding hydrogens is 1590 g/mol. The molecule has 0 saturated heterocycles. The van der Waals surface area contributed by atoms with E-state index in [1.807, 2.05) is 52.3 Å². The molecule has 0 spiro atoms. The third kappa shape index (κ3) is 10.7. The molecule has 13 aromatic carbocycles. The fraction of sp³-hybridized carbons (Fsp3) is 0.121. The number of thiophene rings is 4. The first-order valence-corrected chi connectivity index (χ1v) is 46.0. The van der Waals surface area contributed by atoms with Gasteiger partial charge < -0.3 is 18.3 Å². The molecule has 0 N–H and O–H groups in total. The number of benzene rings is 13. The molecule has 1 aliphatic rings. The molecule has 12 heterocycles. The smallest absolute Gasteiger partial charge is 0.0728 e. The Kier molecular flexibility index (Phi) is 15.6. The average Bonchev–Trinajstić information content (AvgIpc) is 1.53. The van der Waals surface area contributed by atoms with Crippen LogP contribution in [-0.4, -0.2) is 41.9 Å². The predicted molar refractivity (Wildman–Crippen MR) is 516 cm³/mol. The minimum atomic E-state index is 0.214.